The van der Waals surface area contributed by atoms with Gasteiger partial charge in [-0.15, -0.1) is 0 Å². The molecular formula is C12H12N4O3S. The standard InChI is InChI=1S/C12H12N4O3S/c17-16(18)8-1-2-10-11(5-8)14-7-12(15-10)20(19)9-3-4-13-6-9/h1-2,5,7,9,13H,3-4,6H2/t9-,20?/m0/s1. The molecule has 20 heavy (non-hydrogen) atoms. The molecule has 1 aliphatic heterocycles. The smallest absolute Gasteiger partial charge is 0.271 e. The summed E-state index contributed by atoms with van der Waals surface area (Å²) < 4.78 is 12.3. The molecule has 0 radical (unpaired) electrons. The van der Waals surface area contributed by atoms with Gasteiger partial charge in [0.2, 0.25) is 0 Å². The second kappa shape index (κ2) is 5.22. The van der Waals surface area contributed by atoms with Crippen molar-refractivity contribution < 1.29 is 9.13 Å². The van der Waals surface area contributed by atoms with Gasteiger partial charge in [-0.3, -0.25) is 19.3 Å². The van der Waals surface area contributed by atoms with Crippen molar-refractivity contribution in [1.82, 2.24) is 15.3 Å². The molecule has 2 aromatic rings. The normalized spacial score (nSPS) is 20.1. The zero-order valence-corrected chi connectivity index (χ0v) is 11.3. The summed E-state index contributed by atoms with van der Waals surface area (Å²) in [6, 6.07) is 4.28. The lowest BCUT2D eigenvalue weighted by atomic mass is 10.3. The van der Waals surface area contributed by atoms with Crippen LogP contribution in [0, 0.1) is 10.1 Å². The van der Waals surface area contributed by atoms with Gasteiger partial charge in [0, 0.05) is 18.7 Å². The number of rotatable bonds is 3. The molecule has 1 aromatic heterocycles. The highest BCUT2D eigenvalue weighted by molar-refractivity contribution is 7.85. The molecule has 1 fully saturated rings. The average Bonchev–Trinajstić information content (AvgIpc) is 2.99. The van der Waals surface area contributed by atoms with Gasteiger partial charge in [0.25, 0.3) is 5.69 Å². The van der Waals surface area contributed by atoms with Gasteiger partial charge in [0.05, 0.1) is 38.2 Å². The van der Waals surface area contributed by atoms with E-state index in [1.165, 1.54) is 24.4 Å². The Morgan fingerprint density at radius 3 is 2.95 bits per heavy atom. The van der Waals surface area contributed by atoms with Crippen LogP contribution in [0.2, 0.25) is 0 Å². The van der Waals surface area contributed by atoms with Crippen LogP contribution in [-0.4, -0.2) is 37.4 Å². The Hall–Kier alpha value is -1.93. The Morgan fingerprint density at radius 1 is 1.40 bits per heavy atom. The van der Waals surface area contributed by atoms with Gasteiger partial charge in [-0.1, -0.05) is 0 Å². The fourth-order valence-electron chi connectivity index (χ4n) is 2.17. The first kappa shape index (κ1) is 13.1. The molecule has 1 N–H and O–H groups in total. The average molecular weight is 292 g/mol. The van der Waals surface area contributed by atoms with Crippen molar-refractivity contribution >= 4 is 27.5 Å². The zero-order chi connectivity index (χ0) is 14.1. The van der Waals surface area contributed by atoms with E-state index in [2.05, 4.69) is 15.3 Å². The maximum absolute atomic E-state index is 12.3. The van der Waals surface area contributed by atoms with Crippen LogP contribution in [0.3, 0.4) is 0 Å². The highest BCUT2D eigenvalue weighted by atomic mass is 32.2. The summed E-state index contributed by atoms with van der Waals surface area (Å²) in [5, 5.41) is 14.3. The minimum Gasteiger partial charge on any atom is -0.315 e. The van der Waals surface area contributed by atoms with E-state index >= 15 is 0 Å². The lowest BCUT2D eigenvalue weighted by molar-refractivity contribution is -0.384. The van der Waals surface area contributed by atoms with Crippen LogP contribution in [-0.2, 0) is 10.8 Å². The van der Waals surface area contributed by atoms with E-state index in [-0.39, 0.29) is 10.9 Å². The van der Waals surface area contributed by atoms with Gasteiger partial charge in [-0.05, 0) is 19.0 Å². The quantitative estimate of drug-likeness (QED) is 0.669. The van der Waals surface area contributed by atoms with Crippen molar-refractivity contribution in [2.75, 3.05) is 13.1 Å². The molecule has 3 rings (SSSR count). The number of nitro benzene ring substituents is 1. The molecule has 7 nitrogen and oxygen atoms in total. The predicted molar refractivity (Wildman–Crippen MR) is 73.9 cm³/mol. The van der Waals surface area contributed by atoms with E-state index < -0.39 is 15.7 Å². The molecule has 0 amide bonds. The first-order chi connectivity index (χ1) is 9.65. The first-order valence-electron chi connectivity index (χ1n) is 6.17. The molecule has 1 aromatic carbocycles. The summed E-state index contributed by atoms with van der Waals surface area (Å²) in [7, 11) is -1.20. The number of fused-ring (bicyclic) bond motifs is 1. The van der Waals surface area contributed by atoms with Gasteiger partial charge in [-0.25, -0.2) is 4.98 Å². The van der Waals surface area contributed by atoms with E-state index in [0.29, 0.717) is 22.6 Å². The molecule has 0 saturated carbocycles. The summed E-state index contributed by atoms with van der Waals surface area (Å²) in [4.78, 5) is 18.7. The zero-order valence-electron chi connectivity index (χ0n) is 10.5. The van der Waals surface area contributed by atoms with Crippen LogP contribution in [0.4, 0.5) is 5.69 Å². The van der Waals surface area contributed by atoms with Gasteiger partial charge in [0.1, 0.15) is 5.03 Å². The molecule has 2 atom stereocenters. The van der Waals surface area contributed by atoms with Crippen LogP contribution < -0.4 is 5.32 Å². The van der Waals surface area contributed by atoms with Gasteiger partial charge in [0.15, 0.2) is 0 Å². The Balaban J connectivity index is 1.96. The highest BCUT2D eigenvalue weighted by Gasteiger charge is 2.23. The predicted octanol–water partition coefficient (Wildman–Crippen LogP) is 1.01. The van der Waals surface area contributed by atoms with Crippen LogP contribution in [0.1, 0.15) is 6.42 Å². The van der Waals surface area contributed by atoms with E-state index in [1.807, 2.05) is 0 Å². The number of nitrogens with zero attached hydrogens (tertiary/aromatic N) is 3. The molecule has 2 heterocycles. The third-order valence-corrected chi connectivity index (χ3v) is 4.86. The van der Waals surface area contributed by atoms with E-state index in [4.69, 9.17) is 0 Å². The third kappa shape index (κ3) is 2.39. The number of aromatic nitrogens is 2. The van der Waals surface area contributed by atoms with Crippen molar-refractivity contribution in [2.24, 2.45) is 0 Å². The maximum atomic E-state index is 12.3. The minimum atomic E-state index is -1.20. The Kier molecular flexibility index (Phi) is 3.41. The van der Waals surface area contributed by atoms with Crippen LogP contribution in [0.25, 0.3) is 11.0 Å². The third-order valence-electron chi connectivity index (χ3n) is 3.24. The van der Waals surface area contributed by atoms with Gasteiger partial charge >= 0.3 is 0 Å². The van der Waals surface area contributed by atoms with Crippen molar-refractivity contribution in [3.63, 3.8) is 0 Å². The second-order valence-electron chi connectivity index (χ2n) is 4.55. The molecule has 0 spiro atoms. The molecular weight excluding hydrogens is 280 g/mol. The van der Waals surface area contributed by atoms with Crippen LogP contribution >= 0.6 is 0 Å². The number of nitro groups is 1. The fraction of sp³-hybridized carbons (Fsp3) is 0.333. The van der Waals surface area contributed by atoms with E-state index in [1.54, 1.807) is 0 Å². The van der Waals surface area contributed by atoms with E-state index in [9.17, 15) is 14.3 Å². The van der Waals surface area contributed by atoms with Crippen molar-refractivity contribution in [2.45, 2.75) is 16.7 Å². The summed E-state index contributed by atoms with van der Waals surface area (Å²) in [5.74, 6) is 0. The molecule has 8 heteroatoms. The Bertz CT molecular complexity index is 700. The number of non-ortho nitro benzene ring substituents is 1. The number of hydrogen-bond acceptors (Lipinski definition) is 6. The number of benzene rings is 1. The lowest BCUT2D eigenvalue weighted by Gasteiger charge is -2.07. The Labute approximate surface area is 117 Å². The fourth-order valence-corrected chi connectivity index (χ4v) is 3.46. The van der Waals surface area contributed by atoms with Crippen LogP contribution in [0.5, 0.6) is 0 Å². The molecule has 1 unspecified atom stereocenters. The maximum Gasteiger partial charge on any atom is 0.271 e. The SMILES string of the molecule is O=[N+]([O-])c1ccc2nc(S(=O)[C@H]3CCNC3)cnc2c1. The van der Waals surface area contributed by atoms with Gasteiger partial charge in [-0.2, -0.15) is 0 Å². The van der Waals surface area contributed by atoms with Crippen molar-refractivity contribution in [1.29, 1.82) is 0 Å². The van der Waals surface area contributed by atoms with Crippen molar-refractivity contribution in [3.05, 3.63) is 34.5 Å². The van der Waals surface area contributed by atoms with Crippen LogP contribution in [0.15, 0.2) is 29.4 Å². The molecule has 104 valence electrons. The second-order valence-corrected chi connectivity index (χ2v) is 6.23. The summed E-state index contributed by atoms with van der Waals surface area (Å²) in [5.41, 5.74) is 0.928. The lowest BCUT2D eigenvalue weighted by Crippen LogP contribution is -2.19. The van der Waals surface area contributed by atoms with E-state index in [0.717, 1.165) is 13.0 Å². The summed E-state index contributed by atoms with van der Waals surface area (Å²) in [6.45, 7) is 1.58. The van der Waals surface area contributed by atoms with Gasteiger partial charge < -0.3 is 5.32 Å². The molecule has 1 saturated heterocycles. The monoisotopic (exact) mass is 292 g/mol. The largest absolute Gasteiger partial charge is 0.315 e. The summed E-state index contributed by atoms with van der Waals surface area (Å²) >= 11 is 0. The first-order valence-corrected chi connectivity index (χ1v) is 7.39. The minimum absolute atomic E-state index is 0.0272. The summed E-state index contributed by atoms with van der Waals surface area (Å²) in [6.07, 6.45) is 2.30. The molecule has 0 bridgehead atoms. The topological polar surface area (TPSA) is 98.0 Å². The molecule has 1 aliphatic rings. The number of hydrogen-bond donors (Lipinski definition) is 1. The Morgan fingerprint density at radius 2 is 2.25 bits per heavy atom. The highest BCUT2D eigenvalue weighted by Crippen LogP contribution is 2.20. The number of nitrogens with one attached hydrogen (secondary N) is 1. The van der Waals surface area contributed by atoms with Crippen molar-refractivity contribution in [3.8, 4) is 0 Å². The molecule has 0 aliphatic carbocycles.